The third-order valence-electron chi connectivity index (χ3n) is 5.83. The summed E-state index contributed by atoms with van der Waals surface area (Å²) in [5.41, 5.74) is 2.05. The number of ether oxygens (including phenoxy) is 2. The summed E-state index contributed by atoms with van der Waals surface area (Å²) in [6.07, 6.45) is 5.79. The van der Waals surface area contributed by atoms with E-state index in [9.17, 15) is 9.90 Å². The zero-order chi connectivity index (χ0) is 25.9. The van der Waals surface area contributed by atoms with Gasteiger partial charge in [0.05, 0.1) is 12.2 Å². The maximum atomic E-state index is 12.1. The van der Waals surface area contributed by atoms with Crippen LogP contribution in [0.25, 0.3) is 34.2 Å². The van der Waals surface area contributed by atoms with E-state index >= 15 is 0 Å². The van der Waals surface area contributed by atoms with Gasteiger partial charge in [-0.2, -0.15) is 0 Å². The van der Waals surface area contributed by atoms with Crippen LogP contribution in [0, 0.1) is 0 Å². The molecule has 1 heterocycles. The monoisotopic (exact) mass is 497 g/mol. The summed E-state index contributed by atoms with van der Waals surface area (Å²) in [4.78, 5) is 25.9. The van der Waals surface area contributed by atoms with Gasteiger partial charge in [0.1, 0.15) is 11.5 Å². The highest BCUT2D eigenvalue weighted by Gasteiger charge is 2.16. The predicted octanol–water partition coefficient (Wildman–Crippen LogP) is 7.45. The van der Waals surface area contributed by atoms with Gasteiger partial charge in [-0.15, -0.1) is 0 Å². The number of phenolic OH excluding ortho intramolecular Hbond substituents is 1. The van der Waals surface area contributed by atoms with Crippen LogP contribution in [0.3, 0.4) is 0 Å². The lowest BCUT2D eigenvalue weighted by Gasteiger charge is -2.10. The molecule has 0 saturated heterocycles. The van der Waals surface area contributed by atoms with Crippen LogP contribution >= 0.6 is 0 Å². The van der Waals surface area contributed by atoms with E-state index in [0.29, 0.717) is 29.6 Å². The van der Waals surface area contributed by atoms with Crippen LogP contribution in [-0.4, -0.2) is 32.8 Å². The van der Waals surface area contributed by atoms with E-state index in [1.54, 1.807) is 12.1 Å². The van der Waals surface area contributed by atoms with E-state index in [-0.39, 0.29) is 11.5 Å². The quantitative estimate of drug-likeness (QED) is 0.131. The number of unbranched alkanes of at least 4 members (excludes halogenated alkanes) is 5. The summed E-state index contributed by atoms with van der Waals surface area (Å²) in [5, 5.41) is 10.8. The van der Waals surface area contributed by atoms with Gasteiger partial charge in [-0.25, -0.2) is 19.7 Å². The molecule has 0 spiro atoms. The smallest absolute Gasteiger partial charge is 0.507 e. The molecule has 7 nitrogen and oxygen atoms in total. The average molecular weight is 498 g/mol. The minimum absolute atomic E-state index is 0.120. The molecular weight excluding hydrogens is 466 g/mol. The first-order valence-electron chi connectivity index (χ1n) is 12.7. The number of rotatable bonds is 11. The van der Waals surface area contributed by atoms with Gasteiger partial charge < -0.3 is 14.6 Å². The Labute approximate surface area is 217 Å². The highest BCUT2D eigenvalue weighted by molar-refractivity contribution is 5.71. The molecule has 7 heteroatoms. The van der Waals surface area contributed by atoms with Crippen LogP contribution < -0.4 is 4.74 Å². The molecule has 1 N–H and O–H groups in total. The second-order valence-electron chi connectivity index (χ2n) is 8.69. The van der Waals surface area contributed by atoms with Crippen LogP contribution in [0.5, 0.6) is 11.5 Å². The fourth-order valence-corrected chi connectivity index (χ4v) is 3.86. The van der Waals surface area contributed by atoms with E-state index in [0.717, 1.165) is 30.4 Å². The van der Waals surface area contributed by atoms with Crippen molar-refractivity contribution >= 4 is 6.16 Å². The zero-order valence-corrected chi connectivity index (χ0v) is 21.0. The van der Waals surface area contributed by atoms with Gasteiger partial charge in [-0.3, -0.25) is 0 Å². The summed E-state index contributed by atoms with van der Waals surface area (Å²) in [6, 6.07) is 23.7. The first-order valence-corrected chi connectivity index (χ1v) is 12.7. The Kier molecular flexibility index (Phi) is 9.18. The topological polar surface area (TPSA) is 94.4 Å². The first kappa shape index (κ1) is 25.8. The van der Waals surface area contributed by atoms with Gasteiger partial charge in [0, 0.05) is 17.2 Å². The SMILES string of the molecule is CCCCCCCCOC(=O)Oc1ccc(-c2nc(-c3ccccc3)nc(-c3ccccc3)n2)c(O)c1. The number of carbonyl (C=O) groups excluding carboxylic acids is 1. The molecule has 1 aromatic heterocycles. The number of aromatic nitrogens is 3. The molecule has 0 saturated carbocycles. The molecule has 0 bridgehead atoms. The van der Waals surface area contributed by atoms with Crippen molar-refractivity contribution < 1.29 is 19.4 Å². The summed E-state index contributed by atoms with van der Waals surface area (Å²) in [6.45, 7) is 2.49. The maximum Gasteiger partial charge on any atom is 0.513 e. The molecule has 3 aromatic carbocycles. The Balaban J connectivity index is 1.49. The van der Waals surface area contributed by atoms with E-state index < -0.39 is 6.16 Å². The van der Waals surface area contributed by atoms with Crippen molar-refractivity contribution in [2.45, 2.75) is 45.4 Å². The number of nitrogens with zero attached hydrogens (tertiary/aromatic N) is 3. The summed E-state index contributed by atoms with van der Waals surface area (Å²) in [7, 11) is 0. The molecule has 0 aliphatic rings. The Bertz CT molecular complexity index is 1240. The number of benzene rings is 3. The molecule has 37 heavy (non-hydrogen) atoms. The fourth-order valence-electron chi connectivity index (χ4n) is 3.86. The van der Waals surface area contributed by atoms with Crippen molar-refractivity contribution in [2.75, 3.05) is 6.61 Å². The van der Waals surface area contributed by atoms with Gasteiger partial charge >= 0.3 is 6.16 Å². The summed E-state index contributed by atoms with van der Waals surface area (Å²) in [5.74, 6) is 1.34. The minimum atomic E-state index is -0.793. The Hall–Kier alpha value is -4.26. The van der Waals surface area contributed by atoms with Crippen LogP contribution in [-0.2, 0) is 4.74 Å². The molecule has 0 amide bonds. The molecule has 4 rings (SSSR count). The van der Waals surface area contributed by atoms with Gasteiger partial charge in [0.25, 0.3) is 0 Å². The third-order valence-corrected chi connectivity index (χ3v) is 5.83. The van der Waals surface area contributed by atoms with Crippen LogP contribution in [0.4, 0.5) is 4.79 Å². The van der Waals surface area contributed by atoms with Crippen molar-refractivity contribution in [3.63, 3.8) is 0 Å². The average Bonchev–Trinajstić information content (AvgIpc) is 2.93. The highest BCUT2D eigenvalue weighted by atomic mass is 16.7. The molecule has 190 valence electrons. The number of hydrogen-bond donors (Lipinski definition) is 1. The van der Waals surface area contributed by atoms with Gasteiger partial charge in [-0.05, 0) is 18.6 Å². The lowest BCUT2D eigenvalue weighted by molar-refractivity contribution is 0.0972. The summed E-state index contributed by atoms with van der Waals surface area (Å²) < 4.78 is 10.4. The Morgan fingerprint density at radius 2 is 1.30 bits per heavy atom. The van der Waals surface area contributed by atoms with E-state index in [2.05, 4.69) is 21.9 Å². The second kappa shape index (κ2) is 13.2. The van der Waals surface area contributed by atoms with Crippen molar-refractivity contribution in [1.82, 2.24) is 15.0 Å². The summed E-state index contributed by atoms with van der Waals surface area (Å²) >= 11 is 0. The van der Waals surface area contributed by atoms with Crippen molar-refractivity contribution in [2.24, 2.45) is 0 Å². The molecule has 0 radical (unpaired) electrons. The molecule has 0 unspecified atom stereocenters. The lowest BCUT2D eigenvalue weighted by Crippen LogP contribution is -2.11. The number of hydrogen-bond acceptors (Lipinski definition) is 7. The second-order valence-corrected chi connectivity index (χ2v) is 8.69. The zero-order valence-electron chi connectivity index (χ0n) is 21.0. The standard InChI is InChI=1S/C30H31N3O4/c1-2-3-4-5-6-13-20-36-30(35)37-24-18-19-25(26(34)21-24)29-32-27(22-14-9-7-10-15-22)31-28(33-29)23-16-11-8-12-17-23/h7-12,14-19,21,34H,2-6,13,20H2,1H3. The third kappa shape index (κ3) is 7.36. The molecule has 0 atom stereocenters. The number of aromatic hydroxyl groups is 1. The van der Waals surface area contributed by atoms with Gasteiger partial charge in [0.2, 0.25) is 0 Å². The molecule has 0 fully saturated rings. The minimum Gasteiger partial charge on any atom is -0.507 e. The number of phenols is 1. The molecule has 0 aliphatic heterocycles. The fraction of sp³-hybridized carbons (Fsp3) is 0.267. The predicted molar refractivity (Wildman–Crippen MR) is 143 cm³/mol. The normalized spacial score (nSPS) is 10.7. The molecular formula is C30H31N3O4. The number of carbonyl (C=O) groups is 1. The maximum absolute atomic E-state index is 12.1. The van der Waals surface area contributed by atoms with E-state index in [1.807, 2.05) is 60.7 Å². The van der Waals surface area contributed by atoms with Crippen molar-refractivity contribution in [3.8, 4) is 45.7 Å². The highest BCUT2D eigenvalue weighted by Crippen LogP contribution is 2.32. The lowest BCUT2D eigenvalue weighted by atomic mass is 10.1. The van der Waals surface area contributed by atoms with E-state index in [4.69, 9.17) is 9.47 Å². The molecule has 0 aliphatic carbocycles. The first-order chi connectivity index (χ1) is 18.1. The molecule has 4 aromatic rings. The van der Waals surface area contributed by atoms with E-state index in [1.165, 1.54) is 25.3 Å². The largest absolute Gasteiger partial charge is 0.513 e. The van der Waals surface area contributed by atoms with Crippen LogP contribution in [0.1, 0.15) is 45.4 Å². The Morgan fingerprint density at radius 3 is 1.89 bits per heavy atom. The van der Waals surface area contributed by atoms with Crippen LogP contribution in [0.2, 0.25) is 0 Å². The van der Waals surface area contributed by atoms with Crippen LogP contribution in [0.15, 0.2) is 78.9 Å². The van der Waals surface area contributed by atoms with Crippen molar-refractivity contribution in [3.05, 3.63) is 78.9 Å². The van der Waals surface area contributed by atoms with Gasteiger partial charge in [-0.1, -0.05) is 99.7 Å². The van der Waals surface area contributed by atoms with Gasteiger partial charge in [0.15, 0.2) is 17.5 Å². The van der Waals surface area contributed by atoms with Crippen molar-refractivity contribution in [1.29, 1.82) is 0 Å². The Morgan fingerprint density at radius 1 is 0.730 bits per heavy atom.